The Morgan fingerprint density at radius 1 is 0.260 bits per heavy atom. The molecule has 0 bridgehead atoms. The van der Waals surface area contributed by atoms with Crippen LogP contribution < -0.4 is 0 Å². The number of aliphatic hydroxyl groups is 29. The molecule has 0 spiro atoms. The molecule has 0 aromatic carbocycles. The molecule has 29 N–H and O–H groups in total. The molecule has 44 atom stereocenters. The summed E-state index contributed by atoms with van der Waals surface area (Å²) in [6.07, 6.45) is -89.9. The van der Waals surface area contributed by atoms with E-state index in [1.807, 2.05) is 0 Å². The minimum atomic E-state index is -2.31. The molecule has 100 heavy (non-hydrogen) atoms. The highest BCUT2D eigenvalue weighted by Gasteiger charge is 2.60. The molecular formula is C54H92O46. The number of hydrogen-bond donors (Lipinski definition) is 29. The highest BCUT2D eigenvalue weighted by Crippen LogP contribution is 2.39. The van der Waals surface area contributed by atoms with Gasteiger partial charge in [0, 0.05) is 0 Å². The molecule has 8 heterocycles. The van der Waals surface area contributed by atoms with E-state index >= 15 is 0 Å². The zero-order valence-electron chi connectivity index (χ0n) is 52.3. The van der Waals surface area contributed by atoms with E-state index < -0.39 is 330 Å². The van der Waals surface area contributed by atoms with Crippen molar-refractivity contribution >= 4 is 6.29 Å². The Morgan fingerprint density at radius 2 is 0.450 bits per heavy atom. The number of hydrogen-bond acceptors (Lipinski definition) is 46. The van der Waals surface area contributed by atoms with Gasteiger partial charge >= 0.3 is 0 Å². The molecule has 0 aromatic rings. The monoisotopic (exact) mass is 1480 g/mol. The smallest absolute Gasteiger partial charge is 0.187 e. The standard InChI is InChI=1S/C54H92O46/c55-1-11(65)21(67)39(12(66)2-56)93-48-32(78)24(70)41(14(4-58)86-48)95-50-34(80)26(72)43(16(6-60)88-50)97-52-36(82)28(74)45(18(8-62)90-52)99-54-38(84)30(76)46(20(10-64)92-54)100-53-37(83)29(75)44(19(9-63)91-53)98-51-35(81)27(73)42(17(7-61)89-51)96-49-33(79)25(71)40(15(5-59)87-49)94-47-31(77)23(69)22(68)13(3-57)85-47/h1,11-54,56-84H,2-10H2/t11-,12+,13+,14+,15+,16+,17+,18+,19+,20+,21+,22+,23-,24+,25+,26+,27+,28+,29+,30+,31+,32+,33+,34+,35+,36+,37+,38+,39+,40+,41+,42+,43+,44+,45+,46+,47+,48+,49+,50+,51+,52+,53+,54+/m0/s1. The molecule has 0 aliphatic carbocycles. The van der Waals surface area contributed by atoms with Crippen LogP contribution in [0.25, 0.3) is 0 Å². The number of aldehydes is 1. The lowest BCUT2D eigenvalue weighted by molar-refractivity contribution is -0.399. The number of carbonyl (C=O) groups is 1. The fourth-order valence-electron chi connectivity index (χ4n) is 12.5. The molecule has 46 nitrogen and oxygen atoms in total. The van der Waals surface area contributed by atoms with Gasteiger partial charge in [-0.3, -0.25) is 0 Å². The molecule has 0 amide bonds. The van der Waals surface area contributed by atoms with E-state index in [4.69, 9.17) is 75.8 Å². The van der Waals surface area contributed by atoms with Crippen molar-refractivity contribution < 1.29 is 229 Å². The van der Waals surface area contributed by atoms with Crippen LogP contribution in [0.1, 0.15) is 0 Å². The molecule has 8 aliphatic heterocycles. The van der Waals surface area contributed by atoms with Crippen LogP contribution in [0.15, 0.2) is 0 Å². The van der Waals surface area contributed by atoms with Gasteiger partial charge in [-0.05, 0) is 0 Å². The van der Waals surface area contributed by atoms with Gasteiger partial charge in [0.25, 0.3) is 0 Å². The molecular weight excluding hydrogens is 1380 g/mol. The molecule has 8 fully saturated rings. The maximum Gasteiger partial charge on any atom is 0.187 e. The van der Waals surface area contributed by atoms with Gasteiger partial charge in [-0.15, -0.1) is 0 Å². The van der Waals surface area contributed by atoms with Gasteiger partial charge in [-0.25, -0.2) is 0 Å². The van der Waals surface area contributed by atoms with Crippen LogP contribution >= 0.6 is 0 Å². The maximum absolute atomic E-state index is 11.4. The van der Waals surface area contributed by atoms with Crippen molar-refractivity contribution in [2.24, 2.45) is 0 Å². The van der Waals surface area contributed by atoms with Crippen molar-refractivity contribution in [1.82, 2.24) is 0 Å². The Labute approximate surface area is 563 Å². The first kappa shape index (κ1) is 83.5. The number of ether oxygens (including phenoxy) is 16. The predicted molar refractivity (Wildman–Crippen MR) is 298 cm³/mol. The van der Waals surface area contributed by atoms with Crippen molar-refractivity contribution in [1.29, 1.82) is 0 Å². The summed E-state index contributed by atoms with van der Waals surface area (Å²) in [7, 11) is 0. The Hall–Kier alpha value is -2.13. The topological polar surface area (TPSA) is 751 Å². The molecule has 8 saturated heterocycles. The van der Waals surface area contributed by atoms with Gasteiger partial charge in [-0.2, -0.15) is 0 Å². The lowest BCUT2D eigenvalue weighted by atomic mass is 9.95. The SMILES string of the molecule is O=C[C@H](O)[C@@H](O)[C@H](O[C@H]1O[C@H](CO)[C@@H](O[C@H]2O[C@H](CO)[C@@H](O[C@H]3O[C@H](CO)[C@@H](O[C@H]4O[C@H](CO)[C@@H](O[C@H]5O[C@H](CO)[C@@H](O[C@H]6O[C@H](CO)[C@@H](O[C@H]7O[C@H](CO)[C@@H](O[C@H]8O[C@H](CO)[C@@H](O)[C@H](O)[C@H]8O)[C@H](O)[C@H]7O)[C@H](O)[C@H]6O)[C@H](O)[C@H]5O)[C@H](O)[C@H]4O)[C@H](O)[C@H]3O)[C@H](O)[C@H]2O)[C@H](O)[C@H]1O)[C@H](O)CO. The molecule has 0 radical (unpaired) electrons. The largest absolute Gasteiger partial charge is 0.394 e. The highest BCUT2D eigenvalue weighted by atomic mass is 16.8. The predicted octanol–water partition coefficient (Wildman–Crippen LogP) is -20.8. The summed E-state index contributed by atoms with van der Waals surface area (Å²) in [6, 6.07) is 0. The molecule has 8 aliphatic rings. The van der Waals surface area contributed by atoms with Crippen molar-refractivity contribution in [2.45, 2.75) is 270 Å². The quantitative estimate of drug-likeness (QED) is 0.0309. The lowest BCUT2D eigenvalue weighted by Gasteiger charge is -2.50. The van der Waals surface area contributed by atoms with Gasteiger partial charge in [0.15, 0.2) is 56.6 Å². The summed E-state index contributed by atoms with van der Waals surface area (Å²) in [6.45, 7) is -9.64. The molecule has 0 aromatic heterocycles. The molecule has 0 unspecified atom stereocenters. The third-order valence-corrected chi connectivity index (χ3v) is 18.3. The van der Waals surface area contributed by atoms with Crippen LogP contribution in [-0.4, -0.2) is 484 Å². The van der Waals surface area contributed by atoms with Crippen molar-refractivity contribution in [3.8, 4) is 0 Å². The van der Waals surface area contributed by atoms with Crippen molar-refractivity contribution in [2.75, 3.05) is 59.5 Å². The highest BCUT2D eigenvalue weighted by molar-refractivity contribution is 5.56. The fraction of sp³-hybridized carbons (Fsp3) is 0.981. The molecule has 46 heteroatoms. The summed E-state index contributed by atoms with van der Waals surface area (Å²) in [5.41, 5.74) is 0. The zero-order chi connectivity index (χ0) is 73.8. The number of rotatable bonds is 29. The Morgan fingerprint density at radius 3 is 0.650 bits per heavy atom. The van der Waals surface area contributed by atoms with Gasteiger partial charge in [0.2, 0.25) is 0 Å². The van der Waals surface area contributed by atoms with Crippen LogP contribution in [0.5, 0.6) is 0 Å². The molecule has 8 rings (SSSR count). The molecule has 584 valence electrons. The van der Waals surface area contributed by atoms with Gasteiger partial charge in [-0.1, -0.05) is 0 Å². The van der Waals surface area contributed by atoms with Crippen LogP contribution in [0.4, 0.5) is 0 Å². The third-order valence-electron chi connectivity index (χ3n) is 18.3. The average Bonchev–Trinajstić information content (AvgIpc) is 0.778. The van der Waals surface area contributed by atoms with Crippen molar-refractivity contribution in [3.63, 3.8) is 0 Å². The van der Waals surface area contributed by atoms with Gasteiger partial charge in [0.05, 0.1) is 59.5 Å². The van der Waals surface area contributed by atoms with E-state index in [0.717, 1.165) is 0 Å². The number of aliphatic hydroxyl groups excluding tert-OH is 29. The summed E-state index contributed by atoms with van der Waals surface area (Å²) >= 11 is 0. The van der Waals surface area contributed by atoms with Crippen LogP contribution in [0.2, 0.25) is 0 Å². The third kappa shape index (κ3) is 17.5. The summed E-state index contributed by atoms with van der Waals surface area (Å²) in [4.78, 5) is 11.1. The van der Waals surface area contributed by atoms with E-state index in [1.54, 1.807) is 0 Å². The van der Waals surface area contributed by atoms with Crippen LogP contribution in [0.3, 0.4) is 0 Å². The maximum atomic E-state index is 11.4. The summed E-state index contributed by atoms with van der Waals surface area (Å²) < 4.78 is 89.4. The Kier molecular flexibility index (Phi) is 30.6. The second-order valence-electron chi connectivity index (χ2n) is 24.8. The van der Waals surface area contributed by atoms with Crippen LogP contribution in [-0.2, 0) is 80.6 Å². The average molecular weight is 1480 g/mol. The van der Waals surface area contributed by atoms with E-state index in [1.165, 1.54) is 0 Å². The Bertz CT molecular complexity index is 2420. The zero-order valence-corrected chi connectivity index (χ0v) is 52.3. The minimum Gasteiger partial charge on any atom is -0.394 e. The Balaban J connectivity index is 0.843. The second-order valence-corrected chi connectivity index (χ2v) is 24.8. The van der Waals surface area contributed by atoms with Crippen LogP contribution in [0, 0.1) is 0 Å². The summed E-state index contributed by atoms with van der Waals surface area (Å²) in [5, 5.41) is 310. The van der Waals surface area contributed by atoms with E-state index in [0.29, 0.717) is 0 Å². The van der Waals surface area contributed by atoms with E-state index in [9.17, 15) is 153 Å². The normalized spacial score (nSPS) is 50.3. The lowest BCUT2D eigenvalue weighted by Crippen LogP contribution is -2.68. The van der Waals surface area contributed by atoms with Gasteiger partial charge < -0.3 is 229 Å². The first-order valence-corrected chi connectivity index (χ1v) is 31.5. The minimum absolute atomic E-state index is 0.145. The summed E-state index contributed by atoms with van der Waals surface area (Å²) in [5.74, 6) is 0. The fourth-order valence-corrected chi connectivity index (χ4v) is 12.5. The number of carbonyl (C=O) groups excluding carboxylic acids is 1. The first-order valence-electron chi connectivity index (χ1n) is 31.5. The molecule has 0 saturated carbocycles. The first-order chi connectivity index (χ1) is 47.4. The van der Waals surface area contributed by atoms with Gasteiger partial charge in [0.1, 0.15) is 220 Å². The van der Waals surface area contributed by atoms with Crippen molar-refractivity contribution in [3.05, 3.63) is 0 Å². The van der Waals surface area contributed by atoms with E-state index in [-0.39, 0.29) is 6.29 Å². The van der Waals surface area contributed by atoms with E-state index in [2.05, 4.69) is 0 Å². The second kappa shape index (κ2) is 36.6.